The van der Waals surface area contributed by atoms with Gasteiger partial charge in [0, 0.05) is 13.0 Å². The van der Waals surface area contributed by atoms with Crippen LogP contribution in [0.3, 0.4) is 0 Å². The molecular weight excluding hydrogens is 262 g/mol. The lowest BCUT2D eigenvalue weighted by Crippen LogP contribution is -2.46. The Labute approximate surface area is 116 Å². The van der Waals surface area contributed by atoms with Gasteiger partial charge in [-0.3, -0.25) is 4.79 Å². The van der Waals surface area contributed by atoms with Gasteiger partial charge in [0.25, 0.3) is 0 Å². The van der Waals surface area contributed by atoms with E-state index in [2.05, 4.69) is 5.32 Å². The minimum Gasteiger partial charge on any atom is -0.492 e. The van der Waals surface area contributed by atoms with E-state index in [4.69, 9.17) is 14.9 Å². The zero-order chi connectivity index (χ0) is 14.5. The molecule has 0 saturated carbocycles. The van der Waals surface area contributed by atoms with E-state index in [1.165, 1.54) is 0 Å². The summed E-state index contributed by atoms with van der Waals surface area (Å²) in [6.45, 7) is -0.0600. The first-order valence-electron chi connectivity index (χ1n) is 6.46. The second kappa shape index (κ2) is 6.38. The average Bonchev–Trinajstić information content (AvgIpc) is 2.46. The van der Waals surface area contributed by atoms with Crippen LogP contribution in [0.25, 0.3) is 0 Å². The number of carbonyl (C=O) groups excluding carboxylic acids is 1. The van der Waals surface area contributed by atoms with Gasteiger partial charge in [0.1, 0.15) is 18.4 Å². The minimum atomic E-state index is -1.15. The van der Waals surface area contributed by atoms with Gasteiger partial charge in [-0.15, -0.1) is 0 Å². The molecule has 108 valence electrons. The number of benzene rings is 1. The fourth-order valence-electron chi connectivity index (χ4n) is 2.17. The quantitative estimate of drug-likeness (QED) is 0.715. The van der Waals surface area contributed by atoms with Gasteiger partial charge in [0.15, 0.2) is 0 Å². The van der Waals surface area contributed by atoms with Crippen molar-refractivity contribution in [2.45, 2.75) is 18.9 Å². The molecule has 20 heavy (non-hydrogen) atoms. The Kier molecular flexibility index (Phi) is 4.57. The number of aliphatic carboxylic acids is 1. The number of aliphatic hydroxyl groups excluding tert-OH is 1. The molecule has 0 bridgehead atoms. The summed E-state index contributed by atoms with van der Waals surface area (Å²) in [5.41, 5.74) is 0.938. The van der Waals surface area contributed by atoms with Gasteiger partial charge in [-0.25, -0.2) is 4.79 Å². The summed E-state index contributed by atoms with van der Waals surface area (Å²) in [5.74, 6) is -1.16. The summed E-state index contributed by atoms with van der Waals surface area (Å²) >= 11 is 0. The third-order valence-corrected chi connectivity index (χ3v) is 3.28. The highest BCUT2D eigenvalue weighted by molar-refractivity contribution is 5.85. The standard InChI is InChI=1S/C14H17NO5/c16-6-5-11(14(18)19)15-13(17)10-7-9-3-1-2-4-12(9)20-8-10/h1-4,10-11,16H,5-8H2,(H,15,17)(H,18,19)/t10?,11-/m1/s1. The van der Waals surface area contributed by atoms with Crippen LogP contribution in [0, 0.1) is 5.92 Å². The summed E-state index contributed by atoms with van der Waals surface area (Å²) < 4.78 is 5.50. The van der Waals surface area contributed by atoms with Crippen LogP contribution in [0.2, 0.25) is 0 Å². The molecule has 1 unspecified atom stereocenters. The minimum absolute atomic E-state index is 0.00869. The van der Waals surface area contributed by atoms with Gasteiger partial charge in [0.05, 0.1) is 5.92 Å². The normalized spacial score (nSPS) is 18.6. The molecule has 1 aromatic carbocycles. The summed E-state index contributed by atoms with van der Waals surface area (Å²) in [5, 5.41) is 20.2. The first-order valence-corrected chi connectivity index (χ1v) is 6.46. The molecule has 0 spiro atoms. The van der Waals surface area contributed by atoms with Crippen LogP contribution >= 0.6 is 0 Å². The maximum absolute atomic E-state index is 12.1. The van der Waals surface area contributed by atoms with Gasteiger partial charge >= 0.3 is 5.97 Å². The van der Waals surface area contributed by atoms with Crippen LogP contribution in [0.4, 0.5) is 0 Å². The zero-order valence-corrected chi connectivity index (χ0v) is 10.9. The van der Waals surface area contributed by atoms with Crippen molar-refractivity contribution in [2.24, 2.45) is 5.92 Å². The van der Waals surface area contributed by atoms with Gasteiger partial charge in [-0.2, -0.15) is 0 Å². The molecule has 1 aromatic rings. The highest BCUT2D eigenvalue weighted by atomic mass is 16.5. The number of carboxylic acid groups (broad SMARTS) is 1. The monoisotopic (exact) mass is 279 g/mol. The largest absolute Gasteiger partial charge is 0.492 e. The Hall–Kier alpha value is -2.08. The molecule has 2 atom stereocenters. The van der Waals surface area contributed by atoms with Crippen molar-refractivity contribution >= 4 is 11.9 Å². The second-order valence-electron chi connectivity index (χ2n) is 4.73. The lowest BCUT2D eigenvalue weighted by atomic mass is 9.95. The van der Waals surface area contributed by atoms with E-state index in [-0.39, 0.29) is 25.5 Å². The third kappa shape index (κ3) is 3.27. The van der Waals surface area contributed by atoms with Gasteiger partial charge in [-0.05, 0) is 18.1 Å². The number of aliphatic hydroxyl groups is 1. The number of carbonyl (C=O) groups is 2. The predicted molar refractivity (Wildman–Crippen MR) is 70.4 cm³/mol. The molecule has 2 rings (SSSR count). The Morgan fingerprint density at radius 2 is 2.15 bits per heavy atom. The summed E-state index contributed by atoms with van der Waals surface area (Å²) in [4.78, 5) is 23.0. The third-order valence-electron chi connectivity index (χ3n) is 3.28. The lowest BCUT2D eigenvalue weighted by Gasteiger charge is -2.25. The molecule has 0 saturated heterocycles. The van der Waals surface area contributed by atoms with Crippen molar-refractivity contribution in [3.05, 3.63) is 29.8 Å². The van der Waals surface area contributed by atoms with E-state index < -0.39 is 17.9 Å². The van der Waals surface area contributed by atoms with Crippen molar-refractivity contribution in [2.75, 3.05) is 13.2 Å². The van der Waals surface area contributed by atoms with Gasteiger partial charge in [-0.1, -0.05) is 18.2 Å². The fourth-order valence-corrected chi connectivity index (χ4v) is 2.17. The van der Waals surface area contributed by atoms with Crippen LogP contribution in [0.15, 0.2) is 24.3 Å². The van der Waals surface area contributed by atoms with Crippen molar-refractivity contribution in [1.82, 2.24) is 5.32 Å². The van der Waals surface area contributed by atoms with E-state index >= 15 is 0 Å². The molecule has 0 fully saturated rings. The topological polar surface area (TPSA) is 95.9 Å². The second-order valence-corrected chi connectivity index (χ2v) is 4.73. The van der Waals surface area contributed by atoms with Crippen LogP contribution < -0.4 is 10.1 Å². The summed E-state index contributed by atoms with van der Waals surface area (Å²) in [6.07, 6.45) is 0.513. The number of hydrogen-bond acceptors (Lipinski definition) is 4. The number of rotatable bonds is 5. The highest BCUT2D eigenvalue weighted by Crippen LogP contribution is 2.26. The Morgan fingerprint density at radius 3 is 2.85 bits per heavy atom. The number of fused-ring (bicyclic) bond motifs is 1. The molecule has 0 aromatic heterocycles. The van der Waals surface area contributed by atoms with E-state index in [1.807, 2.05) is 24.3 Å². The average molecular weight is 279 g/mol. The van der Waals surface area contributed by atoms with Crippen LogP contribution in [-0.4, -0.2) is 41.3 Å². The van der Waals surface area contributed by atoms with Crippen LogP contribution in [0.1, 0.15) is 12.0 Å². The van der Waals surface area contributed by atoms with E-state index in [0.717, 1.165) is 11.3 Å². The molecule has 1 aliphatic heterocycles. The van der Waals surface area contributed by atoms with Gasteiger partial charge in [0.2, 0.25) is 5.91 Å². The van der Waals surface area contributed by atoms with E-state index in [1.54, 1.807) is 0 Å². The van der Waals surface area contributed by atoms with Crippen LogP contribution in [-0.2, 0) is 16.0 Å². The van der Waals surface area contributed by atoms with Crippen molar-refractivity contribution in [1.29, 1.82) is 0 Å². The molecular formula is C14H17NO5. The molecule has 3 N–H and O–H groups in total. The molecule has 1 aliphatic rings. The summed E-state index contributed by atoms with van der Waals surface area (Å²) in [7, 11) is 0. The van der Waals surface area contributed by atoms with E-state index in [0.29, 0.717) is 6.42 Å². The maximum atomic E-state index is 12.1. The SMILES string of the molecule is O=C(N[C@H](CCO)C(=O)O)C1COc2ccccc2C1. The molecule has 6 nitrogen and oxygen atoms in total. The Bertz CT molecular complexity index is 502. The predicted octanol–water partition coefficient (Wildman–Crippen LogP) is 0.190. The fraction of sp³-hybridized carbons (Fsp3) is 0.429. The molecule has 1 heterocycles. The molecule has 0 aliphatic carbocycles. The van der Waals surface area contributed by atoms with Crippen molar-refractivity contribution < 1.29 is 24.5 Å². The first-order chi connectivity index (χ1) is 9.61. The zero-order valence-electron chi connectivity index (χ0n) is 10.9. The molecule has 6 heteroatoms. The van der Waals surface area contributed by atoms with Gasteiger partial charge < -0.3 is 20.3 Å². The number of nitrogens with one attached hydrogen (secondary N) is 1. The maximum Gasteiger partial charge on any atom is 0.326 e. The number of ether oxygens (including phenoxy) is 1. The summed E-state index contributed by atoms with van der Waals surface area (Å²) in [6, 6.07) is 6.39. The Morgan fingerprint density at radius 1 is 1.40 bits per heavy atom. The smallest absolute Gasteiger partial charge is 0.326 e. The lowest BCUT2D eigenvalue weighted by molar-refractivity contribution is -0.143. The molecule has 0 radical (unpaired) electrons. The van der Waals surface area contributed by atoms with Crippen molar-refractivity contribution in [3.8, 4) is 5.75 Å². The number of hydrogen-bond donors (Lipinski definition) is 3. The highest BCUT2D eigenvalue weighted by Gasteiger charge is 2.29. The number of amides is 1. The van der Waals surface area contributed by atoms with Crippen molar-refractivity contribution in [3.63, 3.8) is 0 Å². The van der Waals surface area contributed by atoms with Crippen LogP contribution in [0.5, 0.6) is 5.75 Å². The number of para-hydroxylation sites is 1. The Balaban J connectivity index is 1.99. The number of carboxylic acids is 1. The van der Waals surface area contributed by atoms with E-state index in [9.17, 15) is 9.59 Å². The molecule has 1 amide bonds. The first kappa shape index (κ1) is 14.3.